The fourth-order valence-corrected chi connectivity index (χ4v) is 5.08. The molecule has 0 unspecified atom stereocenters. The summed E-state index contributed by atoms with van der Waals surface area (Å²) in [5, 5.41) is 20.8. The van der Waals surface area contributed by atoms with E-state index in [1.165, 1.54) is 0 Å². The van der Waals surface area contributed by atoms with Crippen LogP contribution >= 0.6 is 0 Å². The van der Waals surface area contributed by atoms with Crippen molar-refractivity contribution in [2.24, 2.45) is 0 Å². The topological polar surface area (TPSA) is 131 Å². The summed E-state index contributed by atoms with van der Waals surface area (Å²) < 4.78 is 11.8. The molecule has 44 heavy (non-hydrogen) atoms. The van der Waals surface area contributed by atoms with Crippen LogP contribution in [0.1, 0.15) is 11.4 Å². The molecular weight excluding hydrogens is 548 g/mol. The lowest BCUT2D eigenvalue weighted by Crippen LogP contribution is -1.79. The van der Waals surface area contributed by atoms with Gasteiger partial charge < -0.3 is 18.8 Å². The summed E-state index contributed by atoms with van der Waals surface area (Å²) in [6, 6.07) is 39.2. The van der Waals surface area contributed by atoms with Gasteiger partial charge in [-0.25, -0.2) is 0 Å². The minimum atomic E-state index is 0.295. The van der Waals surface area contributed by atoms with Gasteiger partial charge in [-0.05, 0) is 36.4 Å². The zero-order valence-corrected chi connectivity index (χ0v) is 23.2. The quantitative estimate of drug-likeness (QED) is 0.217. The standard InChI is InChI=1S/2C18H11N3O/c2*19-10-16-17(14-11-20-15-9-5-4-8-13(14)15)22-18(21-16)12-6-2-1-3-7-12/h2*1-9,11,20H. The number of H-pyrrole nitrogens is 2. The van der Waals surface area contributed by atoms with Gasteiger partial charge in [0.1, 0.15) is 12.1 Å². The maximum absolute atomic E-state index is 9.37. The maximum Gasteiger partial charge on any atom is 0.228 e. The number of rotatable bonds is 4. The lowest BCUT2D eigenvalue weighted by atomic mass is 10.1. The second-order valence-corrected chi connectivity index (χ2v) is 9.85. The number of para-hydroxylation sites is 2. The molecule has 0 bridgehead atoms. The van der Waals surface area contributed by atoms with E-state index in [1.54, 1.807) is 0 Å². The van der Waals surface area contributed by atoms with Crippen molar-refractivity contribution < 1.29 is 8.83 Å². The number of oxazole rings is 2. The van der Waals surface area contributed by atoms with Crippen molar-refractivity contribution in [1.82, 2.24) is 19.9 Å². The monoisotopic (exact) mass is 570 g/mol. The predicted molar refractivity (Wildman–Crippen MR) is 168 cm³/mol. The Morgan fingerprint density at radius 1 is 0.500 bits per heavy atom. The third-order valence-corrected chi connectivity index (χ3v) is 7.18. The first-order valence-corrected chi connectivity index (χ1v) is 13.8. The van der Waals surface area contributed by atoms with Crippen molar-refractivity contribution in [2.45, 2.75) is 0 Å². The molecule has 0 aliphatic rings. The Labute approximate surface area is 251 Å². The normalized spacial score (nSPS) is 10.7. The summed E-state index contributed by atoms with van der Waals surface area (Å²) in [4.78, 5) is 15.0. The number of fused-ring (bicyclic) bond motifs is 2. The summed E-state index contributed by atoms with van der Waals surface area (Å²) in [6.07, 6.45) is 3.70. The van der Waals surface area contributed by atoms with Crippen molar-refractivity contribution >= 4 is 21.8 Å². The molecule has 4 aromatic carbocycles. The fourth-order valence-electron chi connectivity index (χ4n) is 5.08. The van der Waals surface area contributed by atoms with Crippen molar-refractivity contribution in [3.63, 3.8) is 0 Å². The molecule has 0 spiro atoms. The highest BCUT2D eigenvalue weighted by molar-refractivity contribution is 5.96. The molecule has 8 heteroatoms. The van der Waals surface area contributed by atoms with Gasteiger partial charge >= 0.3 is 0 Å². The third-order valence-electron chi connectivity index (χ3n) is 7.18. The van der Waals surface area contributed by atoms with Crippen LogP contribution in [0, 0.1) is 22.7 Å². The molecule has 0 amide bonds. The molecule has 0 saturated carbocycles. The van der Waals surface area contributed by atoms with Crippen molar-refractivity contribution in [3.05, 3.63) is 133 Å². The Kier molecular flexibility index (Phi) is 6.76. The Bertz CT molecular complexity index is 2150. The number of hydrogen-bond donors (Lipinski definition) is 2. The summed E-state index contributed by atoms with van der Waals surface area (Å²) in [7, 11) is 0. The minimum Gasteiger partial charge on any atom is -0.435 e. The van der Waals surface area contributed by atoms with Crippen LogP contribution in [-0.4, -0.2) is 19.9 Å². The number of nitrogens with zero attached hydrogens (tertiary/aromatic N) is 4. The molecule has 8 rings (SSSR count). The maximum atomic E-state index is 9.37. The van der Waals surface area contributed by atoms with Gasteiger partial charge in [0.05, 0.1) is 0 Å². The van der Waals surface area contributed by atoms with Gasteiger partial charge in [0.25, 0.3) is 0 Å². The first-order chi connectivity index (χ1) is 21.7. The first-order valence-electron chi connectivity index (χ1n) is 13.8. The van der Waals surface area contributed by atoms with Gasteiger partial charge in [-0.1, -0.05) is 72.8 Å². The highest BCUT2D eigenvalue weighted by Crippen LogP contribution is 2.35. The highest BCUT2D eigenvalue weighted by atomic mass is 16.4. The number of hydrogen-bond acceptors (Lipinski definition) is 6. The summed E-state index contributed by atoms with van der Waals surface area (Å²) in [5.41, 5.74) is 5.99. The van der Waals surface area contributed by atoms with Crippen LogP contribution in [0.4, 0.5) is 0 Å². The smallest absolute Gasteiger partial charge is 0.228 e. The molecular formula is C36H22N6O2. The molecule has 0 fully saturated rings. The number of nitrogens with one attached hydrogen (secondary N) is 2. The Hall–Kier alpha value is -6.64. The lowest BCUT2D eigenvalue weighted by Gasteiger charge is -1.95. The molecule has 208 valence electrons. The minimum absolute atomic E-state index is 0.295. The molecule has 4 aromatic heterocycles. The second kappa shape index (κ2) is 11.3. The average molecular weight is 571 g/mol. The van der Waals surface area contributed by atoms with Gasteiger partial charge in [0.15, 0.2) is 22.9 Å². The van der Waals surface area contributed by atoms with Gasteiger partial charge in [0, 0.05) is 56.5 Å². The first kappa shape index (κ1) is 26.3. The van der Waals surface area contributed by atoms with Crippen molar-refractivity contribution in [1.29, 1.82) is 10.5 Å². The Morgan fingerprint density at radius 3 is 1.30 bits per heavy atom. The van der Waals surface area contributed by atoms with E-state index in [0.29, 0.717) is 34.7 Å². The summed E-state index contributed by atoms with van der Waals surface area (Å²) in [5.74, 6) is 1.91. The van der Waals surface area contributed by atoms with Crippen molar-refractivity contribution in [3.8, 4) is 57.7 Å². The van der Waals surface area contributed by atoms with Crippen LogP contribution in [0.15, 0.2) is 130 Å². The van der Waals surface area contributed by atoms with Gasteiger partial charge in [-0.3, -0.25) is 0 Å². The molecule has 0 radical (unpaired) electrons. The zero-order chi connectivity index (χ0) is 29.9. The van der Waals surface area contributed by atoms with Crippen LogP contribution in [0.5, 0.6) is 0 Å². The Balaban J connectivity index is 0.000000142. The molecule has 0 saturated heterocycles. The summed E-state index contributed by atoms with van der Waals surface area (Å²) in [6.45, 7) is 0. The number of benzene rings is 4. The molecule has 8 nitrogen and oxygen atoms in total. The van der Waals surface area contributed by atoms with E-state index in [4.69, 9.17) is 8.83 Å². The summed E-state index contributed by atoms with van der Waals surface area (Å²) >= 11 is 0. The van der Waals surface area contributed by atoms with Gasteiger partial charge in [-0.2, -0.15) is 20.5 Å². The van der Waals surface area contributed by atoms with Crippen LogP contribution < -0.4 is 0 Å². The van der Waals surface area contributed by atoms with E-state index >= 15 is 0 Å². The van der Waals surface area contributed by atoms with Crippen LogP contribution in [0.3, 0.4) is 0 Å². The number of nitriles is 2. The molecule has 2 N–H and O–H groups in total. The van der Waals surface area contributed by atoms with Crippen LogP contribution in [0.2, 0.25) is 0 Å². The van der Waals surface area contributed by atoms with E-state index in [9.17, 15) is 10.5 Å². The van der Waals surface area contributed by atoms with Crippen LogP contribution in [-0.2, 0) is 0 Å². The van der Waals surface area contributed by atoms with E-state index in [-0.39, 0.29) is 0 Å². The SMILES string of the molecule is N#Cc1nc(-c2ccccc2)oc1-c1c[nH]c2ccccc12.N#Cc1nc(-c2ccccc2)oc1-c1c[nH]c2ccccc12. The lowest BCUT2D eigenvalue weighted by molar-refractivity contribution is 0.588. The highest BCUT2D eigenvalue weighted by Gasteiger charge is 2.20. The van der Waals surface area contributed by atoms with E-state index in [2.05, 4.69) is 32.1 Å². The third kappa shape index (κ3) is 4.79. The van der Waals surface area contributed by atoms with Crippen molar-refractivity contribution in [2.75, 3.05) is 0 Å². The van der Waals surface area contributed by atoms with Gasteiger partial charge in [-0.15, -0.1) is 0 Å². The molecule has 0 aliphatic carbocycles. The van der Waals surface area contributed by atoms with E-state index in [1.807, 2.05) is 122 Å². The van der Waals surface area contributed by atoms with E-state index in [0.717, 1.165) is 44.1 Å². The predicted octanol–water partition coefficient (Wildman–Crippen LogP) is 8.72. The number of aromatic amines is 2. The molecule has 0 atom stereocenters. The fraction of sp³-hybridized carbons (Fsp3) is 0. The molecule has 8 aromatic rings. The van der Waals surface area contributed by atoms with E-state index < -0.39 is 0 Å². The Morgan fingerprint density at radius 2 is 0.886 bits per heavy atom. The molecule has 0 aliphatic heterocycles. The average Bonchev–Trinajstić information content (AvgIpc) is 3.89. The number of aromatic nitrogens is 4. The molecule has 4 heterocycles. The van der Waals surface area contributed by atoms with Gasteiger partial charge in [0.2, 0.25) is 11.8 Å². The zero-order valence-electron chi connectivity index (χ0n) is 23.2. The second-order valence-electron chi connectivity index (χ2n) is 9.85. The van der Waals surface area contributed by atoms with Crippen LogP contribution in [0.25, 0.3) is 67.4 Å². The largest absolute Gasteiger partial charge is 0.435 e.